The van der Waals surface area contributed by atoms with Crippen LogP contribution < -0.4 is 16.0 Å². The molecular weight excluding hydrogens is 675 g/mol. The second-order valence-electron chi connectivity index (χ2n) is 14.5. The third kappa shape index (κ3) is 11.7. The number of amides is 4. The van der Waals surface area contributed by atoms with E-state index in [0.29, 0.717) is 19.4 Å². The molecule has 0 aromatic carbocycles. The summed E-state index contributed by atoms with van der Waals surface area (Å²) in [6.45, 7) is 13.9. The Balaban J connectivity index is 2.26. The number of hydrogen-bond donors (Lipinski definition) is 4. The second-order valence-corrected chi connectivity index (χ2v) is 15.5. The van der Waals surface area contributed by atoms with E-state index in [1.807, 2.05) is 59.1 Å². The molecule has 0 radical (unpaired) electrons. The summed E-state index contributed by atoms with van der Waals surface area (Å²) in [7, 11) is 6.46. The molecule has 1 aromatic rings. The highest BCUT2D eigenvalue weighted by atomic mass is 32.1. The van der Waals surface area contributed by atoms with Gasteiger partial charge >= 0.3 is 5.97 Å². The maximum Gasteiger partial charge on any atom is 0.326 e. The van der Waals surface area contributed by atoms with Crippen molar-refractivity contribution < 1.29 is 38.6 Å². The molecule has 9 atom stereocenters. The van der Waals surface area contributed by atoms with Gasteiger partial charge in [0.05, 0.1) is 42.7 Å². The normalized spacial score (nSPS) is 19.5. The highest BCUT2D eigenvalue weighted by molar-refractivity contribution is 7.09. The van der Waals surface area contributed by atoms with Crippen LogP contribution in [-0.4, -0.2) is 122 Å². The van der Waals surface area contributed by atoms with Crippen LogP contribution in [0.3, 0.4) is 0 Å². The molecule has 1 aliphatic rings. The number of nitrogens with one attached hydrogen (secondary N) is 3. The first-order valence-corrected chi connectivity index (χ1v) is 19.1. The molecule has 0 bridgehead atoms. The third-order valence-corrected chi connectivity index (χ3v) is 11.2. The Labute approximate surface area is 308 Å². The summed E-state index contributed by atoms with van der Waals surface area (Å²) in [5.74, 6) is -3.22. The van der Waals surface area contributed by atoms with Gasteiger partial charge < -0.3 is 40.3 Å². The van der Waals surface area contributed by atoms with Crippen molar-refractivity contribution >= 4 is 40.9 Å². The number of carbonyl (C=O) groups excluding carboxylic acids is 4. The van der Waals surface area contributed by atoms with E-state index in [2.05, 4.69) is 16.0 Å². The lowest BCUT2D eigenvalue weighted by atomic mass is 9.89. The SMILES string of the molecule is CC[C@H](C)C([C@@H](CC(=O)N1CCC[C@H]1[C@H](OC)[C@@H](C)C(=O)N[C@@H](Cc1cccs1)C(=O)O)OC)N(C)C(=O)[C@@H](NC(=O)[C@@H](NC)C(C)C)C(C)C. The Kier molecular flexibility index (Phi) is 18.0. The highest BCUT2D eigenvalue weighted by Gasteiger charge is 2.43. The van der Waals surface area contributed by atoms with E-state index in [1.165, 1.54) is 25.6 Å². The summed E-state index contributed by atoms with van der Waals surface area (Å²) in [5, 5.41) is 20.3. The van der Waals surface area contributed by atoms with Gasteiger partial charge in [0, 0.05) is 39.1 Å². The van der Waals surface area contributed by atoms with Crippen LogP contribution in [0.1, 0.15) is 79.0 Å². The first kappa shape index (κ1) is 44.1. The minimum absolute atomic E-state index is 0.00752. The van der Waals surface area contributed by atoms with Gasteiger partial charge in [0.2, 0.25) is 23.6 Å². The van der Waals surface area contributed by atoms with Crippen LogP contribution in [0.15, 0.2) is 17.5 Å². The van der Waals surface area contributed by atoms with Crippen LogP contribution in [-0.2, 0) is 39.9 Å². The molecule has 1 aromatic heterocycles. The fourth-order valence-corrected chi connectivity index (χ4v) is 7.93. The Morgan fingerprint density at radius 1 is 1.00 bits per heavy atom. The van der Waals surface area contributed by atoms with Crippen molar-refractivity contribution in [3.63, 3.8) is 0 Å². The average Bonchev–Trinajstić information content (AvgIpc) is 3.79. The van der Waals surface area contributed by atoms with Crippen LogP contribution in [0.25, 0.3) is 0 Å². The van der Waals surface area contributed by atoms with E-state index in [9.17, 15) is 29.1 Å². The Morgan fingerprint density at radius 2 is 1.65 bits per heavy atom. The zero-order valence-corrected chi connectivity index (χ0v) is 33.2. The molecular formula is C37H63N5O8S. The molecule has 1 saturated heterocycles. The number of carbonyl (C=O) groups is 5. The van der Waals surface area contributed by atoms with Crippen LogP contribution in [0, 0.1) is 23.7 Å². The summed E-state index contributed by atoms with van der Waals surface area (Å²) < 4.78 is 11.8. The van der Waals surface area contributed by atoms with Gasteiger partial charge in [-0.1, -0.05) is 61.0 Å². The van der Waals surface area contributed by atoms with Gasteiger partial charge in [-0.25, -0.2) is 4.79 Å². The number of ether oxygens (including phenoxy) is 2. The van der Waals surface area contributed by atoms with Crippen molar-refractivity contribution in [1.29, 1.82) is 0 Å². The van der Waals surface area contributed by atoms with Crippen molar-refractivity contribution in [2.24, 2.45) is 23.7 Å². The number of likely N-dealkylation sites (N-methyl/N-ethyl adjacent to an activating group) is 2. The monoisotopic (exact) mass is 737 g/mol. The van der Waals surface area contributed by atoms with Crippen molar-refractivity contribution in [2.45, 2.75) is 123 Å². The topological polar surface area (TPSA) is 167 Å². The Bertz CT molecular complexity index is 1280. The second kappa shape index (κ2) is 20.8. The number of carboxylic acid groups (broad SMARTS) is 1. The smallest absolute Gasteiger partial charge is 0.326 e. The van der Waals surface area contributed by atoms with Gasteiger partial charge in [-0.3, -0.25) is 19.2 Å². The quantitative estimate of drug-likeness (QED) is 0.148. The molecule has 14 heteroatoms. The number of nitrogens with zero attached hydrogens (tertiary/aromatic N) is 2. The van der Waals surface area contributed by atoms with E-state index in [1.54, 1.807) is 30.8 Å². The summed E-state index contributed by atoms with van der Waals surface area (Å²) in [5.41, 5.74) is 0. The van der Waals surface area contributed by atoms with E-state index >= 15 is 0 Å². The molecule has 2 heterocycles. The first-order valence-electron chi connectivity index (χ1n) is 18.2. The number of likely N-dealkylation sites (tertiary alicyclic amines) is 1. The van der Waals surface area contributed by atoms with Gasteiger partial charge in [-0.05, 0) is 49.1 Å². The molecule has 290 valence electrons. The van der Waals surface area contributed by atoms with Crippen molar-refractivity contribution in [1.82, 2.24) is 25.8 Å². The molecule has 4 N–H and O–H groups in total. The lowest BCUT2D eigenvalue weighted by molar-refractivity contribution is -0.148. The van der Waals surface area contributed by atoms with Crippen LogP contribution >= 0.6 is 11.3 Å². The molecule has 1 fully saturated rings. The van der Waals surface area contributed by atoms with Gasteiger partial charge in [0.15, 0.2) is 0 Å². The third-order valence-electron chi connectivity index (χ3n) is 10.3. The molecule has 1 aliphatic heterocycles. The fraction of sp³-hybridized carbons (Fsp3) is 0.757. The predicted molar refractivity (Wildman–Crippen MR) is 198 cm³/mol. The zero-order chi connectivity index (χ0) is 38.6. The van der Waals surface area contributed by atoms with Crippen LogP contribution in [0.2, 0.25) is 0 Å². The van der Waals surface area contributed by atoms with Gasteiger partial charge in [0.25, 0.3) is 0 Å². The zero-order valence-electron chi connectivity index (χ0n) is 32.4. The molecule has 2 rings (SSSR count). The van der Waals surface area contributed by atoms with Gasteiger partial charge in [-0.2, -0.15) is 0 Å². The van der Waals surface area contributed by atoms with E-state index in [0.717, 1.165) is 11.3 Å². The van der Waals surface area contributed by atoms with Crippen LogP contribution in [0.5, 0.6) is 0 Å². The standard InChI is InChI=1S/C37H63N5O8S/c1-12-23(6)32(41(9)36(46)31(22(4)5)40-35(45)30(38-8)21(2)3)28(49-10)20-29(43)42-17-13-16-27(42)33(50-11)24(7)34(44)39-26(37(47)48)19-25-15-14-18-51-25/h14-15,18,21-24,26-28,30-33,38H,12-13,16-17,19-20H2,1-11H3,(H,39,44)(H,40,45)(H,47,48)/t23-,24+,26-,27-,28+,30-,31-,32?,33+/m0/s1. The van der Waals surface area contributed by atoms with Crippen molar-refractivity contribution in [3.05, 3.63) is 22.4 Å². The molecule has 1 unspecified atom stereocenters. The van der Waals surface area contributed by atoms with E-state index in [4.69, 9.17) is 9.47 Å². The lowest BCUT2D eigenvalue weighted by Crippen LogP contribution is -2.59. The van der Waals surface area contributed by atoms with E-state index in [-0.39, 0.29) is 48.3 Å². The highest BCUT2D eigenvalue weighted by Crippen LogP contribution is 2.30. The fourth-order valence-electron chi connectivity index (χ4n) is 7.18. The summed E-state index contributed by atoms with van der Waals surface area (Å²) in [4.78, 5) is 71.0. The Hall–Kier alpha value is -3.07. The maximum atomic E-state index is 14.1. The lowest BCUT2D eigenvalue weighted by Gasteiger charge is -2.41. The minimum Gasteiger partial charge on any atom is -0.480 e. The number of aliphatic carboxylic acids is 1. The number of carboxylic acids is 1. The summed E-state index contributed by atoms with van der Waals surface area (Å²) in [6.07, 6.45) is 0.886. The largest absolute Gasteiger partial charge is 0.480 e. The summed E-state index contributed by atoms with van der Waals surface area (Å²) >= 11 is 1.43. The molecule has 0 spiro atoms. The van der Waals surface area contributed by atoms with Crippen molar-refractivity contribution in [2.75, 3.05) is 34.9 Å². The van der Waals surface area contributed by atoms with E-state index < -0.39 is 60.2 Å². The molecule has 13 nitrogen and oxygen atoms in total. The summed E-state index contributed by atoms with van der Waals surface area (Å²) in [6, 6.07) is 0.450. The number of thiophene rings is 1. The number of hydrogen-bond acceptors (Lipinski definition) is 9. The van der Waals surface area contributed by atoms with Gasteiger partial charge in [0.1, 0.15) is 12.1 Å². The molecule has 4 amide bonds. The average molecular weight is 738 g/mol. The predicted octanol–water partition coefficient (Wildman–Crippen LogP) is 3.17. The Morgan fingerprint density at radius 3 is 2.14 bits per heavy atom. The first-order chi connectivity index (χ1) is 24.0. The van der Waals surface area contributed by atoms with Gasteiger partial charge in [-0.15, -0.1) is 11.3 Å². The minimum atomic E-state index is -1.12. The number of rotatable bonds is 21. The van der Waals surface area contributed by atoms with Crippen molar-refractivity contribution in [3.8, 4) is 0 Å². The van der Waals surface area contributed by atoms with Crippen LogP contribution in [0.4, 0.5) is 0 Å². The maximum absolute atomic E-state index is 14.1. The molecule has 0 aliphatic carbocycles. The number of methoxy groups -OCH3 is 2. The molecule has 51 heavy (non-hydrogen) atoms. The molecule has 0 saturated carbocycles.